The monoisotopic (exact) mass is 258 g/mol. The van der Waals surface area contributed by atoms with Crippen molar-refractivity contribution in [2.24, 2.45) is 0 Å². The van der Waals surface area contributed by atoms with Crippen LogP contribution in [0.15, 0.2) is 0 Å². The number of carbonyl (C=O) groups is 1. The third-order valence-electron chi connectivity index (χ3n) is 1.47. The molecule has 8 heteroatoms. The Hall–Kier alpha value is -1.86. The van der Waals surface area contributed by atoms with Gasteiger partial charge in [0.15, 0.2) is 5.75 Å². The van der Waals surface area contributed by atoms with Gasteiger partial charge in [0.1, 0.15) is 0 Å². The van der Waals surface area contributed by atoms with Crippen LogP contribution in [-0.2, 0) is 9.53 Å². The first-order chi connectivity index (χ1) is 7.73. The number of halogens is 5. The minimum atomic E-state index is -2.29. The lowest BCUT2D eigenvalue weighted by molar-refractivity contribution is -0.137. The Kier molecular flexibility index (Phi) is 5.36. The first-order valence-corrected chi connectivity index (χ1v) is 3.99. The van der Waals surface area contributed by atoms with Crippen molar-refractivity contribution in [2.75, 3.05) is 7.11 Å². The average molecular weight is 258 g/mol. The molecule has 0 spiro atoms. The van der Waals surface area contributed by atoms with Gasteiger partial charge >= 0.3 is 5.97 Å². The molecule has 96 valence electrons. The van der Waals surface area contributed by atoms with Crippen molar-refractivity contribution in [3.8, 4) is 5.75 Å². The van der Waals surface area contributed by atoms with Crippen LogP contribution in [0, 0.1) is 29.1 Å². The number of carbonyl (C=O) groups excluding carboxylic acids is 1. The molecule has 0 aromatic heterocycles. The van der Waals surface area contributed by atoms with E-state index < -0.39 is 34.8 Å². The number of phenolic OH excluding ortho intramolecular Hbond substituents is 1. The molecule has 0 unspecified atom stereocenters. The van der Waals surface area contributed by atoms with Gasteiger partial charge in [-0.15, -0.1) is 0 Å². The van der Waals surface area contributed by atoms with Crippen LogP contribution in [0.4, 0.5) is 22.0 Å². The van der Waals surface area contributed by atoms with Crippen LogP contribution >= 0.6 is 0 Å². The maximum absolute atomic E-state index is 12.2. The number of hydrogen-bond acceptors (Lipinski definition) is 3. The predicted molar refractivity (Wildman–Crippen MR) is 45.6 cm³/mol. The third-order valence-corrected chi connectivity index (χ3v) is 1.47. The fourth-order valence-electron chi connectivity index (χ4n) is 0.593. The topological polar surface area (TPSA) is 46.5 Å². The van der Waals surface area contributed by atoms with Crippen LogP contribution in [0.5, 0.6) is 5.75 Å². The number of benzene rings is 1. The molecule has 0 fully saturated rings. The molecule has 0 radical (unpaired) electrons. The fraction of sp³-hybridized carbons (Fsp3) is 0.222. The summed E-state index contributed by atoms with van der Waals surface area (Å²) in [7, 11) is 1.35. The number of hydrogen-bond donors (Lipinski definition) is 1. The van der Waals surface area contributed by atoms with Crippen LogP contribution in [0.25, 0.3) is 0 Å². The summed E-state index contributed by atoms with van der Waals surface area (Å²) >= 11 is 0. The standard InChI is InChI=1S/C6HF5O.C3H6O2/c7-1-2(8)4(10)6(12)5(11)3(1)9;1-3(4)5-2/h12H;1-2H3. The SMILES string of the molecule is COC(C)=O.Oc1c(F)c(F)c(F)c(F)c1F. The minimum Gasteiger partial charge on any atom is -0.503 e. The summed E-state index contributed by atoms with van der Waals surface area (Å²) in [6.07, 6.45) is 0. The number of rotatable bonds is 0. The summed E-state index contributed by atoms with van der Waals surface area (Å²) in [5.74, 6) is -13.2. The molecular formula is C9H7F5O3. The van der Waals surface area contributed by atoms with Gasteiger partial charge in [-0.1, -0.05) is 0 Å². The average Bonchev–Trinajstić information content (AvgIpc) is 2.32. The van der Waals surface area contributed by atoms with E-state index in [0.717, 1.165) is 0 Å². The van der Waals surface area contributed by atoms with Crippen molar-refractivity contribution >= 4 is 5.97 Å². The van der Waals surface area contributed by atoms with Gasteiger partial charge in [-0.2, -0.15) is 8.78 Å². The summed E-state index contributed by atoms with van der Waals surface area (Å²) < 4.78 is 64.8. The van der Waals surface area contributed by atoms with Gasteiger partial charge < -0.3 is 9.84 Å². The summed E-state index contributed by atoms with van der Waals surface area (Å²) in [6.45, 7) is 1.36. The number of methoxy groups -OCH3 is 1. The highest BCUT2D eigenvalue weighted by atomic mass is 19.2. The molecule has 0 aliphatic carbocycles. The molecule has 1 N–H and O–H groups in total. The lowest BCUT2D eigenvalue weighted by Gasteiger charge is -2.00. The van der Waals surface area contributed by atoms with Crippen LogP contribution < -0.4 is 0 Å². The van der Waals surface area contributed by atoms with E-state index in [1.807, 2.05) is 0 Å². The van der Waals surface area contributed by atoms with Crippen LogP contribution in [0.1, 0.15) is 6.92 Å². The largest absolute Gasteiger partial charge is 0.503 e. The van der Waals surface area contributed by atoms with Crippen molar-refractivity contribution in [3.63, 3.8) is 0 Å². The predicted octanol–water partition coefficient (Wildman–Crippen LogP) is 2.27. The summed E-state index contributed by atoms with van der Waals surface area (Å²) in [5.41, 5.74) is 0. The Bertz CT molecular complexity index is 328. The van der Waals surface area contributed by atoms with Gasteiger partial charge in [-0.3, -0.25) is 4.79 Å². The molecule has 1 aromatic carbocycles. The highest BCUT2D eigenvalue weighted by Crippen LogP contribution is 2.27. The Morgan fingerprint density at radius 1 is 0.941 bits per heavy atom. The molecule has 0 aliphatic heterocycles. The first-order valence-electron chi connectivity index (χ1n) is 3.99. The van der Waals surface area contributed by atoms with E-state index in [2.05, 4.69) is 4.74 Å². The van der Waals surface area contributed by atoms with Crippen LogP contribution in [0.2, 0.25) is 0 Å². The molecule has 0 atom stereocenters. The maximum Gasteiger partial charge on any atom is 0.302 e. The summed E-state index contributed by atoms with van der Waals surface area (Å²) in [6, 6.07) is 0. The van der Waals surface area contributed by atoms with Gasteiger partial charge in [-0.05, 0) is 0 Å². The van der Waals surface area contributed by atoms with Gasteiger partial charge in [-0.25, -0.2) is 13.2 Å². The second-order valence-corrected chi connectivity index (χ2v) is 2.61. The molecule has 3 nitrogen and oxygen atoms in total. The number of ether oxygens (including phenoxy) is 1. The number of esters is 1. The molecular weight excluding hydrogens is 251 g/mol. The lowest BCUT2D eigenvalue weighted by atomic mass is 10.3. The van der Waals surface area contributed by atoms with Crippen molar-refractivity contribution in [3.05, 3.63) is 29.1 Å². The number of phenols is 1. The lowest BCUT2D eigenvalue weighted by Crippen LogP contribution is -2.00. The molecule has 0 amide bonds. The zero-order valence-corrected chi connectivity index (χ0v) is 8.65. The van der Waals surface area contributed by atoms with E-state index in [-0.39, 0.29) is 5.97 Å². The highest BCUT2D eigenvalue weighted by molar-refractivity contribution is 5.65. The Morgan fingerprint density at radius 3 is 1.41 bits per heavy atom. The van der Waals surface area contributed by atoms with Crippen molar-refractivity contribution in [1.82, 2.24) is 0 Å². The van der Waals surface area contributed by atoms with Crippen molar-refractivity contribution in [1.29, 1.82) is 0 Å². The van der Waals surface area contributed by atoms with Crippen molar-refractivity contribution < 1.29 is 36.6 Å². The third kappa shape index (κ3) is 3.58. The molecule has 1 aromatic rings. The first kappa shape index (κ1) is 15.1. The smallest absolute Gasteiger partial charge is 0.302 e. The molecule has 0 bridgehead atoms. The van der Waals surface area contributed by atoms with E-state index in [1.54, 1.807) is 0 Å². The molecule has 0 aliphatic rings. The van der Waals surface area contributed by atoms with Crippen molar-refractivity contribution in [2.45, 2.75) is 6.92 Å². The highest BCUT2D eigenvalue weighted by Gasteiger charge is 2.24. The summed E-state index contributed by atoms with van der Waals surface area (Å²) in [4.78, 5) is 9.59. The zero-order valence-electron chi connectivity index (χ0n) is 8.65. The Balaban J connectivity index is 0.000000437. The molecule has 0 saturated carbocycles. The minimum absolute atomic E-state index is 0.245. The van der Waals surface area contributed by atoms with Crippen LogP contribution in [-0.4, -0.2) is 18.2 Å². The second-order valence-electron chi connectivity index (χ2n) is 2.61. The zero-order chi connectivity index (χ0) is 13.7. The fourth-order valence-corrected chi connectivity index (χ4v) is 0.593. The van der Waals surface area contributed by atoms with E-state index in [1.165, 1.54) is 14.0 Å². The summed E-state index contributed by atoms with van der Waals surface area (Å²) in [5, 5.41) is 8.30. The maximum atomic E-state index is 12.2. The Labute approximate surface area is 92.4 Å². The quantitative estimate of drug-likeness (QED) is 0.336. The van der Waals surface area contributed by atoms with E-state index in [9.17, 15) is 26.7 Å². The van der Waals surface area contributed by atoms with Crippen LogP contribution in [0.3, 0.4) is 0 Å². The van der Waals surface area contributed by atoms with Gasteiger partial charge in [0.25, 0.3) is 0 Å². The molecule has 1 rings (SSSR count). The van der Waals surface area contributed by atoms with E-state index in [4.69, 9.17) is 5.11 Å². The second kappa shape index (κ2) is 6.02. The van der Waals surface area contributed by atoms with Gasteiger partial charge in [0.05, 0.1) is 7.11 Å². The Morgan fingerprint density at radius 2 is 1.18 bits per heavy atom. The van der Waals surface area contributed by atoms with Gasteiger partial charge in [0.2, 0.25) is 29.1 Å². The normalized spacial score (nSPS) is 9.35. The molecule has 0 saturated heterocycles. The molecule has 0 heterocycles. The van der Waals surface area contributed by atoms with E-state index in [0.29, 0.717) is 0 Å². The van der Waals surface area contributed by atoms with E-state index >= 15 is 0 Å². The molecule has 17 heavy (non-hydrogen) atoms. The number of aromatic hydroxyl groups is 1. The van der Waals surface area contributed by atoms with Gasteiger partial charge in [0, 0.05) is 6.92 Å².